The van der Waals surface area contributed by atoms with Gasteiger partial charge in [0, 0.05) is 16.6 Å². The average molecular weight is 185 g/mol. The van der Waals surface area contributed by atoms with Crippen LogP contribution in [0.4, 0.5) is 0 Å². The first kappa shape index (κ1) is 9.07. The minimum absolute atomic E-state index is 1.12. The summed E-state index contributed by atoms with van der Waals surface area (Å²) in [4.78, 5) is 3.38. The fraction of sp³-hybridized carbons (Fsp3) is 0.231. The summed E-state index contributed by atoms with van der Waals surface area (Å²) in [7, 11) is 0. The second kappa shape index (κ2) is 3.70. The summed E-state index contributed by atoms with van der Waals surface area (Å²) in [5.41, 5.74) is 3.79. The molecule has 72 valence electrons. The zero-order valence-electron chi connectivity index (χ0n) is 8.51. The van der Waals surface area contributed by atoms with Crippen molar-refractivity contribution in [2.24, 2.45) is 0 Å². The monoisotopic (exact) mass is 185 g/mol. The third-order valence-corrected chi connectivity index (χ3v) is 2.55. The Morgan fingerprint density at radius 2 is 2.14 bits per heavy atom. The maximum atomic E-state index is 3.84. The van der Waals surface area contributed by atoms with E-state index in [0.717, 1.165) is 6.42 Å². The number of para-hydroxylation sites is 1. The first-order valence-electron chi connectivity index (χ1n) is 5.08. The van der Waals surface area contributed by atoms with Crippen molar-refractivity contribution in [2.45, 2.75) is 19.8 Å². The zero-order valence-corrected chi connectivity index (χ0v) is 8.51. The van der Waals surface area contributed by atoms with Crippen molar-refractivity contribution in [1.29, 1.82) is 0 Å². The fourth-order valence-corrected chi connectivity index (χ4v) is 1.91. The third kappa shape index (κ3) is 1.35. The molecular formula is C13H15N. The van der Waals surface area contributed by atoms with Crippen molar-refractivity contribution in [1.82, 2.24) is 4.98 Å². The summed E-state index contributed by atoms with van der Waals surface area (Å²) < 4.78 is 0. The van der Waals surface area contributed by atoms with Crippen LogP contribution in [0.25, 0.3) is 17.0 Å². The highest BCUT2D eigenvalue weighted by Gasteiger charge is 2.06. The van der Waals surface area contributed by atoms with Crippen LogP contribution in [0.15, 0.2) is 30.8 Å². The van der Waals surface area contributed by atoms with Gasteiger partial charge in [-0.05, 0) is 24.1 Å². The van der Waals surface area contributed by atoms with Gasteiger partial charge in [-0.15, -0.1) is 0 Å². The lowest BCUT2D eigenvalue weighted by atomic mass is 10.1. The van der Waals surface area contributed by atoms with E-state index in [2.05, 4.69) is 42.8 Å². The summed E-state index contributed by atoms with van der Waals surface area (Å²) in [6.45, 7) is 6.04. The van der Waals surface area contributed by atoms with E-state index < -0.39 is 0 Å². The molecular weight excluding hydrogens is 170 g/mol. The SMILES string of the molecule is C=Cc1[nH]c2ccccc2c1CCC. The van der Waals surface area contributed by atoms with Gasteiger partial charge >= 0.3 is 0 Å². The second-order valence-electron chi connectivity index (χ2n) is 3.52. The van der Waals surface area contributed by atoms with Gasteiger partial charge in [0.25, 0.3) is 0 Å². The van der Waals surface area contributed by atoms with E-state index >= 15 is 0 Å². The quantitative estimate of drug-likeness (QED) is 0.749. The lowest BCUT2D eigenvalue weighted by Crippen LogP contribution is -1.83. The van der Waals surface area contributed by atoms with Crippen LogP contribution in [0.5, 0.6) is 0 Å². The Morgan fingerprint density at radius 1 is 1.36 bits per heavy atom. The van der Waals surface area contributed by atoms with Crippen molar-refractivity contribution in [3.63, 3.8) is 0 Å². The molecule has 0 aliphatic rings. The van der Waals surface area contributed by atoms with Gasteiger partial charge in [0.2, 0.25) is 0 Å². The van der Waals surface area contributed by atoms with Crippen molar-refractivity contribution < 1.29 is 0 Å². The molecule has 2 aromatic rings. The minimum atomic E-state index is 1.12. The van der Waals surface area contributed by atoms with Gasteiger partial charge in [0.15, 0.2) is 0 Å². The van der Waals surface area contributed by atoms with E-state index in [1.807, 2.05) is 6.08 Å². The lowest BCUT2D eigenvalue weighted by Gasteiger charge is -1.97. The number of nitrogens with one attached hydrogen (secondary N) is 1. The van der Waals surface area contributed by atoms with E-state index in [0.29, 0.717) is 0 Å². The van der Waals surface area contributed by atoms with Crippen LogP contribution in [0.2, 0.25) is 0 Å². The van der Waals surface area contributed by atoms with Crippen LogP contribution in [-0.2, 0) is 6.42 Å². The third-order valence-electron chi connectivity index (χ3n) is 2.55. The number of aromatic amines is 1. The summed E-state index contributed by atoms with van der Waals surface area (Å²) in [5, 5.41) is 1.34. The molecule has 0 spiro atoms. The van der Waals surface area contributed by atoms with Gasteiger partial charge in [0.1, 0.15) is 0 Å². The number of benzene rings is 1. The highest BCUT2D eigenvalue weighted by atomic mass is 14.7. The molecule has 1 heterocycles. The predicted molar refractivity (Wildman–Crippen MR) is 62.4 cm³/mol. The summed E-state index contributed by atoms with van der Waals surface area (Å²) in [6.07, 6.45) is 4.19. The molecule has 1 heteroatoms. The Bertz CT molecular complexity index is 451. The molecule has 0 fully saturated rings. The second-order valence-corrected chi connectivity index (χ2v) is 3.52. The standard InChI is InChI=1S/C13H15N/c1-3-7-10-11-8-5-6-9-13(11)14-12(10)4-2/h4-6,8-9,14H,2-3,7H2,1H3. The zero-order chi connectivity index (χ0) is 9.97. The lowest BCUT2D eigenvalue weighted by molar-refractivity contribution is 0.926. The van der Waals surface area contributed by atoms with E-state index in [1.54, 1.807) is 0 Å². The Kier molecular flexibility index (Phi) is 2.40. The molecule has 0 aliphatic heterocycles. The molecule has 2 rings (SSSR count). The van der Waals surface area contributed by atoms with Crippen LogP contribution in [0, 0.1) is 0 Å². The molecule has 1 nitrogen and oxygen atoms in total. The summed E-state index contributed by atoms with van der Waals surface area (Å²) in [6, 6.07) is 8.43. The smallest absolute Gasteiger partial charge is 0.0461 e. The maximum Gasteiger partial charge on any atom is 0.0461 e. The fourth-order valence-electron chi connectivity index (χ4n) is 1.91. The molecule has 0 unspecified atom stereocenters. The van der Waals surface area contributed by atoms with Gasteiger partial charge in [-0.25, -0.2) is 0 Å². The highest BCUT2D eigenvalue weighted by Crippen LogP contribution is 2.24. The molecule has 1 aromatic heterocycles. The number of hydrogen-bond acceptors (Lipinski definition) is 0. The minimum Gasteiger partial charge on any atom is -0.355 e. The summed E-state index contributed by atoms with van der Waals surface area (Å²) >= 11 is 0. The van der Waals surface area contributed by atoms with Crippen molar-refractivity contribution in [3.8, 4) is 0 Å². The van der Waals surface area contributed by atoms with Gasteiger partial charge < -0.3 is 4.98 Å². The normalized spacial score (nSPS) is 10.6. The van der Waals surface area contributed by atoms with E-state index in [1.165, 1.54) is 28.6 Å². The van der Waals surface area contributed by atoms with Gasteiger partial charge in [0.05, 0.1) is 0 Å². The molecule has 0 bridgehead atoms. The van der Waals surface area contributed by atoms with Crippen molar-refractivity contribution in [2.75, 3.05) is 0 Å². The number of rotatable bonds is 3. The van der Waals surface area contributed by atoms with Crippen molar-refractivity contribution in [3.05, 3.63) is 42.1 Å². The van der Waals surface area contributed by atoms with Crippen LogP contribution >= 0.6 is 0 Å². The number of aromatic nitrogens is 1. The van der Waals surface area contributed by atoms with Crippen LogP contribution in [0.3, 0.4) is 0 Å². The van der Waals surface area contributed by atoms with E-state index in [9.17, 15) is 0 Å². The molecule has 0 saturated carbocycles. The first-order valence-corrected chi connectivity index (χ1v) is 5.08. The Labute approximate surface area is 84.5 Å². The van der Waals surface area contributed by atoms with Crippen molar-refractivity contribution >= 4 is 17.0 Å². The molecule has 14 heavy (non-hydrogen) atoms. The molecule has 0 radical (unpaired) electrons. The predicted octanol–water partition coefficient (Wildman–Crippen LogP) is 3.76. The van der Waals surface area contributed by atoms with Gasteiger partial charge in [-0.3, -0.25) is 0 Å². The number of fused-ring (bicyclic) bond motifs is 1. The highest BCUT2D eigenvalue weighted by molar-refractivity contribution is 5.87. The molecule has 0 aliphatic carbocycles. The molecule has 1 aromatic carbocycles. The van der Waals surface area contributed by atoms with Crippen LogP contribution in [-0.4, -0.2) is 4.98 Å². The van der Waals surface area contributed by atoms with Crippen LogP contribution in [0.1, 0.15) is 24.6 Å². The van der Waals surface area contributed by atoms with Crippen LogP contribution < -0.4 is 0 Å². The Hall–Kier alpha value is -1.50. The van der Waals surface area contributed by atoms with Gasteiger partial charge in [-0.1, -0.05) is 38.1 Å². The average Bonchev–Trinajstić information content (AvgIpc) is 2.58. The molecule has 0 atom stereocenters. The first-order chi connectivity index (χ1) is 6.86. The maximum absolute atomic E-state index is 3.84. The number of aryl methyl sites for hydroxylation is 1. The van der Waals surface area contributed by atoms with E-state index in [4.69, 9.17) is 0 Å². The number of hydrogen-bond donors (Lipinski definition) is 1. The molecule has 1 N–H and O–H groups in total. The van der Waals surface area contributed by atoms with Gasteiger partial charge in [-0.2, -0.15) is 0 Å². The van der Waals surface area contributed by atoms with E-state index in [-0.39, 0.29) is 0 Å². The topological polar surface area (TPSA) is 15.8 Å². The summed E-state index contributed by atoms with van der Waals surface area (Å²) in [5.74, 6) is 0. The Balaban J connectivity index is 2.67. The molecule has 0 saturated heterocycles. The largest absolute Gasteiger partial charge is 0.355 e. The number of H-pyrrole nitrogens is 1. The Morgan fingerprint density at radius 3 is 2.86 bits per heavy atom. The molecule has 0 amide bonds.